The fourth-order valence-corrected chi connectivity index (χ4v) is 1.76. The van der Waals surface area contributed by atoms with Crippen LogP contribution in [0.1, 0.15) is 12.5 Å². The fraction of sp³-hybridized carbons (Fsp3) is 0.125. The van der Waals surface area contributed by atoms with Gasteiger partial charge in [-0.05, 0) is 36.3 Å². The molecule has 0 aliphatic heterocycles. The summed E-state index contributed by atoms with van der Waals surface area (Å²) in [7, 11) is 0. The maximum absolute atomic E-state index is 11.8. The largest absolute Gasteiger partial charge is 0.502 e. The van der Waals surface area contributed by atoms with Crippen molar-refractivity contribution in [3.05, 3.63) is 52.8 Å². The van der Waals surface area contributed by atoms with Crippen molar-refractivity contribution in [1.29, 1.82) is 0 Å². The molecule has 8 heteroatoms. The minimum atomic E-state index is -1.55. The number of hydrogen-bond acceptors (Lipinski definition) is 6. The van der Waals surface area contributed by atoms with E-state index in [1.54, 1.807) is 12.1 Å². The quantitative estimate of drug-likeness (QED) is 0.269. The summed E-state index contributed by atoms with van der Waals surface area (Å²) in [5.41, 5.74) is 0.892. The van der Waals surface area contributed by atoms with E-state index in [2.05, 4.69) is 9.98 Å². The van der Waals surface area contributed by atoms with Crippen LogP contribution in [0.2, 0.25) is 0 Å². The number of aliphatic imine (C=N–C) groups is 2. The molecule has 0 saturated heterocycles. The van der Waals surface area contributed by atoms with Gasteiger partial charge in [-0.3, -0.25) is 4.79 Å². The number of carbonyl (C=O) groups is 2. The molecular formula is C16H12N2O6. The molecule has 0 spiro atoms. The highest BCUT2D eigenvalue weighted by Gasteiger charge is 2.13. The van der Waals surface area contributed by atoms with Gasteiger partial charge in [0, 0.05) is 12.0 Å². The number of carboxylic acid groups (broad SMARTS) is 1. The van der Waals surface area contributed by atoms with Crippen LogP contribution in [0.3, 0.4) is 0 Å². The summed E-state index contributed by atoms with van der Waals surface area (Å²) in [5, 5.41) is 18.1. The maximum Gasteiger partial charge on any atom is 0.371 e. The molecule has 1 aromatic rings. The number of benzene rings is 1. The number of carbonyl (C=O) groups excluding carboxylic acids is 3. The topological polar surface area (TPSA) is 133 Å². The second-order valence-corrected chi connectivity index (χ2v) is 4.56. The summed E-state index contributed by atoms with van der Waals surface area (Å²) in [6.07, 6.45) is 3.65. The molecule has 0 aromatic heterocycles. The van der Waals surface area contributed by atoms with Gasteiger partial charge in [0.05, 0.1) is 5.69 Å². The Morgan fingerprint density at radius 2 is 1.75 bits per heavy atom. The van der Waals surface area contributed by atoms with Crippen molar-refractivity contribution in [2.45, 2.75) is 13.3 Å². The number of aliphatic hydroxyl groups excluding tert-OH is 1. The molecule has 2 N–H and O–H groups in total. The first-order chi connectivity index (χ1) is 11.4. The average molecular weight is 328 g/mol. The zero-order valence-corrected chi connectivity index (χ0v) is 12.5. The lowest BCUT2D eigenvalue weighted by Crippen LogP contribution is -2.06. The molecule has 0 fully saturated rings. The number of carboxylic acids is 1. The molecule has 0 heterocycles. The van der Waals surface area contributed by atoms with Crippen LogP contribution >= 0.6 is 0 Å². The number of allylic oxidation sites excluding steroid dienone is 2. The number of isocyanates is 2. The third kappa shape index (κ3) is 5.31. The zero-order valence-electron chi connectivity index (χ0n) is 12.5. The van der Waals surface area contributed by atoms with Crippen LogP contribution < -0.4 is 0 Å². The van der Waals surface area contributed by atoms with Crippen molar-refractivity contribution in [3.63, 3.8) is 0 Å². The highest BCUT2D eigenvalue weighted by atomic mass is 16.4. The molecule has 0 aliphatic carbocycles. The lowest BCUT2D eigenvalue weighted by Gasteiger charge is -2.05. The van der Waals surface area contributed by atoms with E-state index < -0.39 is 17.6 Å². The molecule has 1 aromatic carbocycles. The maximum atomic E-state index is 11.8. The number of aliphatic carboxylic acids is 1. The Morgan fingerprint density at radius 1 is 1.12 bits per heavy atom. The molecule has 1 amide bonds. The summed E-state index contributed by atoms with van der Waals surface area (Å²) in [6, 6.07) is 6.20. The van der Waals surface area contributed by atoms with Crippen LogP contribution in [0.4, 0.5) is 5.69 Å². The van der Waals surface area contributed by atoms with E-state index in [1.807, 2.05) is 0 Å². The molecule has 8 nitrogen and oxygen atoms in total. The van der Waals surface area contributed by atoms with Crippen molar-refractivity contribution in [3.8, 4) is 0 Å². The van der Waals surface area contributed by atoms with E-state index >= 15 is 0 Å². The third-order valence-electron chi connectivity index (χ3n) is 2.89. The number of amides is 1. The molecule has 0 saturated carbocycles. The Kier molecular flexibility index (Phi) is 6.73. The average Bonchev–Trinajstić information content (AvgIpc) is 2.55. The van der Waals surface area contributed by atoms with Gasteiger partial charge >= 0.3 is 5.97 Å². The smallest absolute Gasteiger partial charge is 0.371 e. The van der Waals surface area contributed by atoms with Crippen molar-refractivity contribution in [2.75, 3.05) is 0 Å². The minimum Gasteiger partial charge on any atom is -0.502 e. The van der Waals surface area contributed by atoms with E-state index in [9.17, 15) is 24.3 Å². The molecule has 0 radical (unpaired) electrons. The first-order valence-corrected chi connectivity index (χ1v) is 6.51. The van der Waals surface area contributed by atoms with Gasteiger partial charge in [-0.15, -0.1) is 4.99 Å². The third-order valence-corrected chi connectivity index (χ3v) is 2.89. The van der Waals surface area contributed by atoms with Gasteiger partial charge in [0.15, 0.2) is 0 Å². The molecule has 24 heavy (non-hydrogen) atoms. The molecule has 0 bridgehead atoms. The molecular weight excluding hydrogens is 316 g/mol. The zero-order chi connectivity index (χ0) is 18.1. The summed E-state index contributed by atoms with van der Waals surface area (Å²) < 4.78 is 0. The second kappa shape index (κ2) is 8.75. The highest BCUT2D eigenvalue weighted by molar-refractivity contribution is 5.98. The summed E-state index contributed by atoms with van der Waals surface area (Å²) >= 11 is 0. The standard InChI is InChI=1S/C16H12N2O6/c1-10(14(21)16(23)24)6-12(15(22)18-9-20)7-11-2-4-13(5-3-11)17-8-19/h2-6,21H,7H2,1H3,(H,23,24). The van der Waals surface area contributed by atoms with Crippen LogP contribution in [0, 0.1) is 0 Å². The normalized spacial score (nSPS) is 11.6. The van der Waals surface area contributed by atoms with Crippen molar-refractivity contribution < 1.29 is 29.4 Å². The lowest BCUT2D eigenvalue weighted by atomic mass is 10.0. The number of aliphatic hydroxyl groups is 1. The number of rotatable bonds is 6. The van der Waals surface area contributed by atoms with Gasteiger partial charge in [0.1, 0.15) is 0 Å². The second-order valence-electron chi connectivity index (χ2n) is 4.56. The number of hydrogen-bond donors (Lipinski definition) is 2. The first-order valence-electron chi connectivity index (χ1n) is 6.51. The van der Waals surface area contributed by atoms with Crippen molar-refractivity contribution in [2.24, 2.45) is 9.98 Å². The Hall–Kier alpha value is -3.60. The van der Waals surface area contributed by atoms with Gasteiger partial charge in [0.25, 0.3) is 5.91 Å². The van der Waals surface area contributed by atoms with Crippen LogP contribution in [0.5, 0.6) is 0 Å². The van der Waals surface area contributed by atoms with Gasteiger partial charge in [-0.25, -0.2) is 14.4 Å². The van der Waals surface area contributed by atoms with E-state index in [0.29, 0.717) is 11.3 Å². The first kappa shape index (κ1) is 18.4. The Bertz CT molecular complexity index is 807. The molecule has 1 rings (SSSR count). The van der Waals surface area contributed by atoms with Gasteiger partial charge < -0.3 is 10.2 Å². The Morgan fingerprint density at radius 3 is 2.25 bits per heavy atom. The summed E-state index contributed by atoms with van der Waals surface area (Å²) in [6.45, 7) is 1.29. The minimum absolute atomic E-state index is 0.0132. The summed E-state index contributed by atoms with van der Waals surface area (Å²) in [5.74, 6) is -3.38. The molecule has 122 valence electrons. The van der Waals surface area contributed by atoms with Crippen molar-refractivity contribution >= 4 is 29.7 Å². The van der Waals surface area contributed by atoms with Gasteiger partial charge in [0.2, 0.25) is 17.9 Å². The van der Waals surface area contributed by atoms with Crippen molar-refractivity contribution in [1.82, 2.24) is 0 Å². The van der Waals surface area contributed by atoms with Crippen LogP contribution in [0.25, 0.3) is 0 Å². The lowest BCUT2D eigenvalue weighted by molar-refractivity contribution is -0.135. The van der Waals surface area contributed by atoms with Crippen LogP contribution in [0.15, 0.2) is 57.2 Å². The monoisotopic (exact) mass is 328 g/mol. The fourth-order valence-electron chi connectivity index (χ4n) is 1.76. The molecule has 0 aliphatic rings. The molecule has 0 unspecified atom stereocenters. The predicted molar refractivity (Wildman–Crippen MR) is 82.1 cm³/mol. The Balaban J connectivity index is 3.22. The van der Waals surface area contributed by atoms with Gasteiger partial charge in [-0.2, -0.15) is 4.99 Å². The Labute approximate surface area is 136 Å². The van der Waals surface area contributed by atoms with E-state index in [-0.39, 0.29) is 17.6 Å². The summed E-state index contributed by atoms with van der Waals surface area (Å²) in [4.78, 5) is 49.4. The predicted octanol–water partition coefficient (Wildman–Crippen LogP) is 1.90. The van der Waals surface area contributed by atoms with Crippen LogP contribution in [-0.2, 0) is 25.6 Å². The van der Waals surface area contributed by atoms with Crippen LogP contribution in [-0.4, -0.2) is 34.2 Å². The van der Waals surface area contributed by atoms with E-state index in [4.69, 9.17) is 5.11 Å². The highest BCUT2D eigenvalue weighted by Crippen LogP contribution is 2.17. The molecule has 0 atom stereocenters. The van der Waals surface area contributed by atoms with E-state index in [1.165, 1.54) is 25.1 Å². The van der Waals surface area contributed by atoms with Gasteiger partial charge in [-0.1, -0.05) is 12.1 Å². The SMILES string of the molecule is CC(C=C(Cc1ccc(N=C=O)cc1)C(=O)N=C=O)=C(O)C(=O)O. The van der Waals surface area contributed by atoms with E-state index in [0.717, 1.165) is 12.2 Å². The number of nitrogens with zero attached hydrogens (tertiary/aromatic N) is 2.